The van der Waals surface area contributed by atoms with Crippen molar-refractivity contribution >= 4 is 31.4 Å². The second kappa shape index (κ2) is 9.70. The number of hydrogen-bond acceptors (Lipinski definition) is 6. The van der Waals surface area contributed by atoms with Crippen LogP contribution in [-0.2, 0) is 26.5 Å². The zero-order valence-corrected chi connectivity index (χ0v) is 15.9. The summed E-state index contributed by atoms with van der Waals surface area (Å²) in [6.07, 6.45) is 1.47. The second-order valence-electron chi connectivity index (χ2n) is 4.92. The van der Waals surface area contributed by atoms with Gasteiger partial charge in [-0.3, -0.25) is 0 Å². The summed E-state index contributed by atoms with van der Waals surface area (Å²) >= 11 is 1.16. The summed E-state index contributed by atoms with van der Waals surface area (Å²) in [7, 11) is -6.71. The lowest BCUT2D eigenvalue weighted by molar-refractivity contribution is 0.577. The Morgan fingerprint density at radius 1 is 0.957 bits per heavy atom. The molecule has 0 aliphatic rings. The van der Waals surface area contributed by atoms with Crippen molar-refractivity contribution in [1.29, 1.82) is 0 Å². The van der Waals surface area contributed by atoms with Gasteiger partial charge in [0.15, 0.2) is 0 Å². The first-order chi connectivity index (χ1) is 10.8. The van der Waals surface area contributed by atoms with Crippen molar-refractivity contribution in [2.45, 2.75) is 30.9 Å². The fourth-order valence-electron chi connectivity index (χ4n) is 1.72. The Morgan fingerprint density at radius 3 is 2.35 bits per heavy atom. The molecule has 134 valence electrons. The minimum atomic E-state index is -3.49. The Morgan fingerprint density at radius 2 is 1.70 bits per heavy atom. The predicted octanol–water partition coefficient (Wildman–Crippen LogP) is 0.508. The minimum Gasteiger partial charge on any atom is -0.315 e. The molecule has 0 amide bonds. The molecule has 3 N–H and O–H groups in total. The summed E-state index contributed by atoms with van der Waals surface area (Å²) in [5, 5.41) is 3.12. The van der Waals surface area contributed by atoms with Gasteiger partial charge in [-0.05, 0) is 38.4 Å². The number of nitrogens with one attached hydrogen (secondary N) is 3. The van der Waals surface area contributed by atoms with E-state index in [0.29, 0.717) is 19.5 Å². The van der Waals surface area contributed by atoms with Crippen molar-refractivity contribution in [3.63, 3.8) is 0 Å². The van der Waals surface area contributed by atoms with Gasteiger partial charge < -0.3 is 5.32 Å². The van der Waals surface area contributed by atoms with Crippen LogP contribution in [0.5, 0.6) is 0 Å². The average Bonchev–Trinajstić information content (AvgIpc) is 2.96. The molecule has 0 radical (unpaired) electrons. The van der Waals surface area contributed by atoms with E-state index in [-0.39, 0.29) is 16.5 Å². The molecule has 1 rings (SSSR count). The quantitative estimate of drug-likeness (QED) is 0.456. The van der Waals surface area contributed by atoms with E-state index in [1.54, 1.807) is 19.1 Å². The third-order valence-electron chi connectivity index (χ3n) is 3.00. The molecule has 0 unspecified atom stereocenters. The molecule has 0 fully saturated rings. The summed E-state index contributed by atoms with van der Waals surface area (Å²) in [5.41, 5.74) is 0. The van der Waals surface area contributed by atoms with Crippen LogP contribution in [0.1, 0.15) is 25.1 Å². The lowest BCUT2D eigenvalue weighted by atomic mass is 10.3. The van der Waals surface area contributed by atoms with Gasteiger partial charge in [0.2, 0.25) is 20.0 Å². The average molecular weight is 384 g/mol. The van der Waals surface area contributed by atoms with Gasteiger partial charge in [-0.25, -0.2) is 26.3 Å². The normalized spacial score (nSPS) is 12.6. The van der Waals surface area contributed by atoms with Gasteiger partial charge in [-0.15, -0.1) is 11.3 Å². The van der Waals surface area contributed by atoms with E-state index in [1.165, 1.54) is 0 Å². The number of thiophene rings is 1. The highest BCUT2D eigenvalue weighted by molar-refractivity contribution is 7.91. The van der Waals surface area contributed by atoms with Crippen LogP contribution in [0.4, 0.5) is 0 Å². The first kappa shape index (κ1) is 20.5. The van der Waals surface area contributed by atoms with Crippen LogP contribution in [0.2, 0.25) is 0 Å². The molecule has 1 aromatic heterocycles. The number of sulfonamides is 2. The third-order valence-corrected chi connectivity index (χ3v) is 7.50. The molecule has 0 aromatic carbocycles. The highest BCUT2D eigenvalue weighted by Crippen LogP contribution is 2.21. The molecule has 0 atom stereocenters. The van der Waals surface area contributed by atoms with Gasteiger partial charge in [-0.2, -0.15) is 0 Å². The molecule has 1 heterocycles. The molecule has 0 saturated heterocycles. The fraction of sp³-hybridized carbons (Fsp3) is 0.692. The van der Waals surface area contributed by atoms with Gasteiger partial charge >= 0.3 is 0 Å². The first-order valence-electron chi connectivity index (χ1n) is 7.57. The maximum atomic E-state index is 12.1. The highest BCUT2D eigenvalue weighted by atomic mass is 32.2. The van der Waals surface area contributed by atoms with Crippen LogP contribution in [-0.4, -0.2) is 48.8 Å². The number of rotatable bonds is 12. The molecule has 7 nitrogen and oxygen atoms in total. The van der Waals surface area contributed by atoms with Crippen LogP contribution in [0, 0.1) is 0 Å². The maximum Gasteiger partial charge on any atom is 0.250 e. The Kier molecular flexibility index (Phi) is 8.65. The van der Waals surface area contributed by atoms with Crippen molar-refractivity contribution in [3.05, 3.63) is 17.0 Å². The summed E-state index contributed by atoms with van der Waals surface area (Å²) in [6.45, 7) is 5.67. The smallest absolute Gasteiger partial charge is 0.250 e. The van der Waals surface area contributed by atoms with Crippen molar-refractivity contribution in [2.75, 3.05) is 31.9 Å². The Hall–Kier alpha value is -0.520. The van der Waals surface area contributed by atoms with Crippen molar-refractivity contribution in [1.82, 2.24) is 14.8 Å². The van der Waals surface area contributed by atoms with Gasteiger partial charge in [0, 0.05) is 24.5 Å². The number of hydrogen-bond donors (Lipinski definition) is 3. The molecule has 10 heteroatoms. The summed E-state index contributed by atoms with van der Waals surface area (Å²) in [4.78, 5) is 0.827. The highest BCUT2D eigenvalue weighted by Gasteiger charge is 2.16. The van der Waals surface area contributed by atoms with Crippen LogP contribution in [0.15, 0.2) is 16.3 Å². The molecule has 0 aliphatic carbocycles. The van der Waals surface area contributed by atoms with Crippen LogP contribution in [0.3, 0.4) is 0 Å². The van der Waals surface area contributed by atoms with E-state index < -0.39 is 20.0 Å². The Balaban J connectivity index is 2.47. The lowest BCUT2D eigenvalue weighted by Gasteiger charge is -2.05. The molecule has 0 bridgehead atoms. The minimum absolute atomic E-state index is 0.0348. The summed E-state index contributed by atoms with van der Waals surface area (Å²) in [5.74, 6) is 0.0348. The lowest BCUT2D eigenvalue weighted by Crippen LogP contribution is -2.31. The SMILES string of the molecule is CCCNCCNS(=O)(=O)c1ccc(CCNS(=O)(=O)CC)s1. The van der Waals surface area contributed by atoms with Crippen LogP contribution in [0.25, 0.3) is 0 Å². The molecule has 23 heavy (non-hydrogen) atoms. The fourth-order valence-corrected chi connectivity index (χ4v) is 4.76. The largest absolute Gasteiger partial charge is 0.315 e. The summed E-state index contributed by atoms with van der Waals surface area (Å²) in [6, 6.07) is 3.27. The first-order valence-corrected chi connectivity index (χ1v) is 11.5. The standard InChI is InChI=1S/C13H25N3O4S3/c1-3-8-14-10-11-16-23(19,20)13-6-5-12(21-13)7-9-15-22(17,18)4-2/h5-6,14-16H,3-4,7-11H2,1-2H3. The molecular weight excluding hydrogens is 358 g/mol. The van der Waals surface area contributed by atoms with Gasteiger partial charge in [0.1, 0.15) is 4.21 Å². The van der Waals surface area contributed by atoms with Crippen molar-refractivity contribution < 1.29 is 16.8 Å². The zero-order valence-electron chi connectivity index (χ0n) is 13.5. The van der Waals surface area contributed by atoms with Crippen molar-refractivity contribution in [3.8, 4) is 0 Å². The summed E-state index contributed by atoms with van der Waals surface area (Å²) < 4.78 is 52.2. The third kappa shape index (κ3) is 7.73. The van der Waals surface area contributed by atoms with Gasteiger partial charge in [0.25, 0.3) is 0 Å². The van der Waals surface area contributed by atoms with Crippen LogP contribution < -0.4 is 14.8 Å². The molecule has 0 saturated carbocycles. The molecular formula is C13H25N3O4S3. The molecule has 1 aromatic rings. The van der Waals surface area contributed by atoms with Crippen molar-refractivity contribution in [2.24, 2.45) is 0 Å². The van der Waals surface area contributed by atoms with Crippen LogP contribution >= 0.6 is 11.3 Å². The van der Waals surface area contributed by atoms with E-state index in [9.17, 15) is 16.8 Å². The van der Waals surface area contributed by atoms with Gasteiger partial charge in [-0.1, -0.05) is 6.92 Å². The van der Waals surface area contributed by atoms with E-state index >= 15 is 0 Å². The van der Waals surface area contributed by atoms with E-state index in [1.807, 2.05) is 6.92 Å². The Labute approximate surface area is 143 Å². The predicted molar refractivity (Wildman–Crippen MR) is 93.8 cm³/mol. The zero-order chi connectivity index (χ0) is 17.3. The Bertz CT molecular complexity index is 668. The van der Waals surface area contributed by atoms with E-state index in [0.717, 1.165) is 29.2 Å². The maximum absolute atomic E-state index is 12.1. The second-order valence-corrected chi connectivity index (χ2v) is 10.2. The monoisotopic (exact) mass is 383 g/mol. The topological polar surface area (TPSA) is 104 Å². The van der Waals surface area contributed by atoms with E-state index in [2.05, 4.69) is 14.8 Å². The molecule has 0 spiro atoms. The van der Waals surface area contributed by atoms with Gasteiger partial charge in [0.05, 0.1) is 5.75 Å². The van der Waals surface area contributed by atoms with E-state index in [4.69, 9.17) is 0 Å². The molecule has 0 aliphatic heterocycles.